The smallest absolute Gasteiger partial charge is 0.314 e. The van der Waals surface area contributed by atoms with Gasteiger partial charge < -0.3 is 19.5 Å². The number of nitrogens with one attached hydrogen (secondary N) is 1. The summed E-state index contributed by atoms with van der Waals surface area (Å²) in [6.07, 6.45) is -1.01. The Labute approximate surface area is 154 Å². The predicted octanol–water partition coefficient (Wildman–Crippen LogP) is 3.67. The first-order chi connectivity index (χ1) is 12.3. The van der Waals surface area contributed by atoms with E-state index >= 15 is 0 Å². The Kier molecular flexibility index (Phi) is 6.24. The van der Waals surface area contributed by atoms with Crippen LogP contribution in [0.5, 0.6) is 17.2 Å². The quantitative estimate of drug-likeness (QED) is 0.581. The van der Waals surface area contributed by atoms with Gasteiger partial charge in [0.1, 0.15) is 11.5 Å². The second-order valence-electron chi connectivity index (χ2n) is 5.18. The second-order valence-corrected chi connectivity index (χ2v) is 5.62. The van der Waals surface area contributed by atoms with Gasteiger partial charge in [0.05, 0.1) is 30.9 Å². The van der Waals surface area contributed by atoms with Crippen LogP contribution in [0.2, 0.25) is 5.02 Å². The van der Waals surface area contributed by atoms with Crippen molar-refractivity contribution in [1.29, 1.82) is 0 Å². The number of nitro groups is 1. The van der Waals surface area contributed by atoms with Gasteiger partial charge in [0, 0.05) is 5.02 Å². The zero-order valence-corrected chi connectivity index (χ0v) is 15.1. The number of carbonyl (C=O) groups is 1. The van der Waals surface area contributed by atoms with E-state index in [1.807, 2.05) is 0 Å². The molecule has 0 fully saturated rings. The summed E-state index contributed by atoms with van der Waals surface area (Å²) in [5.41, 5.74) is 0.0639. The van der Waals surface area contributed by atoms with Crippen molar-refractivity contribution in [2.75, 3.05) is 19.5 Å². The van der Waals surface area contributed by atoms with Crippen LogP contribution in [-0.2, 0) is 4.79 Å². The highest BCUT2D eigenvalue weighted by atomic mass is 35.5. The van der Waals surface area contributed by atoms with E-state index in [4.69, 9.17) is 25.8 Å². The third-order valence-electron chi connectivity index (χ3n) is 3.46. The van der Waals surface area contributed by atoms with Crippen LogP contribution in [0.25, 0.3) is 0 Å². The average Bonchev–Trinajstić information content (AvgIpc) is 2.62. The highest BCUT2D eigenvalue weighted by Gasteiger charge is 2.23. The van der Waals surface area contributed by atoms with Crippen molar-refractivity contribution in [3.05, 3.63) is 51.5 Å². The van der Waals surface area contributed by atoms with Crippen molar-refractivity contribution in [3.63, 3.8) is 0 Å². The molecule has 0 unspecified atom stereocenters. The van der Waals surface area contributed by atoms with E-state index in [1.165, 1.54) is 45.4 Å². The van der Waals surface area contributed by atoms with E-state index < -0.39 is 16.9 Å². The first kappa shape index (κ1) is 19.3. The van der Waals surface area contributed by atoms with Crippen LogP contribution >= 0.6 is 11.6 Å². The first-order valence-electron chi connectivity index (χ1n) is 7.49. The standard InChI is InChI=1S/C17H17ClN2O6/c1-10(17(21)19-13-8-11(18)4-6-15(13)25-3)26-16-7-5-12(24-2)9-14(16)20(22)23/h4-10H,1-3H3,(H,19,21)/t10-/m1/s1. The number of anilines is 1. The van der Waals surface area contributed by atoms with E-state index in [9.17, 15) is 14.9 Å². The number of methoxy groups -OCH3 is 2. The topological polar surface area (TPSA) is 99.9 Å². The summed E-state index contributed by atoms with van der Waals surface area (Å²) in [7, 11) is 2.85. The Morgan fingerprint density at radius 1 is 1.15 bits per heavy atom. The van der Waals surface area contributed by atoms with Gasteiger partial charge in [0.2, 0.25) is 0 Å². The summed E-state index contributed by atoms with van der Waals surface area (Å²) in [4.78, 5) is 23.0. The molecule has 8 nitrogen and oxygen atoms in total. The number of hydrogen-bond acceptors (Lipinski definition) is 6. The number of nitrogens with zero attached hydrogens (tertiary/aromatic N) is 1. The summed E-state index contributed by atoms with van der Waals surface area (Å²) in [6.45, 7) is 1.47. The molecule has 1 N–H and O–H groups in total. The first-order valence-corrected chi connectivity index (χ1v) is 7.87. The second kappa shape index (κ2) is 8.39. The molecule has 0 heterocycles. The summed E-state index contributed by atoms with van der Waals surface area (Å²) < 4.78 is 15.6. The van der Waals surface area contributed by atoms with Crippen LogP contribution in [0.3, 0.4) is 0 Å². The molecule has 0 aliphatic carbocycles. The lowest BCUT2D eigenvalue weighted by molar-refractivity contribution is -0.386. The van der Waals surface area contributed by atoms with E-state index in [2.05, 4.69) is 5.32 Å². The zero-order valence-electron chi connectivity index (χ0n) is 14.3. The minimum Gasteiger partial charge on any atom is -0.496 e. The summed E-state index contributed by atoms with van der Waals surface area (Å²) in [5, 5.41) is 14.2. The minimum absolute atomic E-state index is 0.0449. The number of rotatable bonds is 7. The third-order valence-corrected chi connectivity index (χ3v) is 3.69. The van der Waals surface area contributed by atoms with Crippen molar-refractivity contribution in [3.8, 4) is 17.2 Å². The number of ether oxygens (including phenoxy) is 3. The normalized spacial score (nSPS) is 11.4. The van der Waals surface area contributed by atoms with Gasteiger partial charge >= 0.3 is 5.69 Å². The Morgan fingerprint density at radius 2 is 1.85 bits per heavy atom. The number of halogens is 1. The van der Waals surface area contributed by atoms with Gasteiger partial charge in [-0.05, 0) is 37.3 Å². The van der Waals surface area contributed by atoms with Gasteiger partial charge in [-0.3, -0.25) is 14.9 Å². The predicted molar refractivity (Wildman–Crippen MR) is 96.4 cm³/mol. The lowest BCUT2D eigenvalue weighted by Crippen LogP contribution is -2.30. The summed E-state index contributed by atoms with van der Waals surface area (Å²) in [6, 6.07) is 8.86. The van der Waals surface area contributed by atoms with Crippen molar-refractivity contribution in [2.24, 2.45) is 0 Å². The molecule has 0 aromatic heterocycles. The van der Waals surface area contributed by atoms with Gasteiger partial charge in [-0.1, -0.05) is 11.6 Å². The SMILES string of the molecule is COc1ccc(O[C@H](C)C(=O)Nc2cc(Cl)ccc2OC)c([N+](=O)[O-])c1. The fraction of sp³-hybridized carbons (Fsp3) is 0.235. The molecule has 0 saturated carbocycles. The molecule has 2 rings (SSSR count). The molecule has 0 aliphatic heterocycles. The molecule has 26 heavy (non-hydrogen) atoms. The highest BCUT2D eigenvalue weighted by Crippen LogP contribution is 2.32. The molecular weight excluding hydrogens is 364 g/mol. The fourth-order valence-electron chi connectivity index (χ4n) is 2.12. The Morgan fingerprint density at radius 3 is 2.46 bits per heavy atom. The molecule has 2 aromatic rings. The highest BCUT2D eigenvalue weighted by molar-refractivity contribution is 6.31. The maximum Gasteiger partial charge on any atom is 0.314 e. The van der Waals surface area contributed by atoms with E-state index in [-0.39, 0.29) is 11.4 Å². The molecule has 0 bridgehead atoms. The van der Waals surface area contributed by atoms with Crippen LogP contribution in [0, 0.1) is 10.1 Å². The lowest BCUT2D eigenvalue weighted by Gasteiger charge is -2.16. The monoisotopic (exact) mass is 380 g/mol. The number of amides is 1. The fourth-order valence-corrected chi connectivity index (χ4v) is 2.29. The van der Waals surface area contributed by atoms with Crippen LogP contribution < -0.4 is 19.5 Å². The van der Waals surface area contributed by atoms with Gasteiger partial charge in [0.25, 0.3) is 5.91 Å². The molecule has 2 aromatic carbocycles. The Balaban J connectivity index is 2.17. The molecule has 0 saturated heterocycles. The molecular formula is C17H17ClN2O6. The van der Waals surface area contributed by atoms with Gasteiger partial charge in [-0.2, -0.15) is 0 Å². The molecule has 9 heteroatoms. The largest absolute Gasteiger partial charge is 0.496 e. The number of benzene rings is 2. The Bertz CT molecular complexity index is 827. The molecule has 0 radical (unpaired) electrons. The van der Waals surface area contributed by atoms with Crippen molar-refractivity contribution in [1.82, 2.24) is 0 Å². The van der Waals surface area contributed by atoms with Crippen molar-refractivity contribution in [2.45, 2.75) is 13.0 Å². The van der Waals surface area contributed by atoms with Crippen molar-refractivity contribution < 1.29 is 23.9 Å². The molecule has 1 amide bonds. The van der Waals surface area contributed by atoms with Crippen LogP contribution in [-0.4, -0.2) is 31.2 Å². The summed E-state index contributed by atoms with van der Waals surface area (Å²) in [5.74, 6) is 0.169. The number of hydrogen-bond donors (Lipinski definition) is 1. The number of carbonyl (C=O) groups excluding carboxylic acids is 1. The molecule has 138 valence electrons. The Hall–Kier alpha value is -3.00. The minimum atomic E-state index is -1.01. The zero-order chi connectivity index (χ0) is 19.3. The summed E-state index contributed by atoms with van der Waals surface area (Å²) >= 11 is 5.93. The van der Waals surface area contributed by atoms with Crippen LogP contribution in [0.4, 0.5) is 11.4 Å². The van der Waals surface area contributed by atoms with Crippen LogP contribution in [0.15, 0.2) is 36.4 Å². The average molecular weight is 381 g/mol. The maximum absolute atomic E-state index is 12.4. The third kappa shape index (κ3) is 4.54. The van der Waals surface area contributed by atoms with Gasteiger partial charge in [-0.15, -0.1) is 0 Å². The molecule has 1 atom stereocenters. The maximum atomic E-state index is 12.4. The molecule has 0 aliphatic rings. The molecule has 0 spiro atoms. The van der Waals surface area contributed by atoms with E-state index in [1.54, 1.807) is 12.1 Å². The van der Waals surface area contributed by atoms with Crippen molar-refractivity contribution >= 4 is 28.9 Å². The van der Waals surface area contributed by atoms with Gasteiger partial charge in [-0.25, -0.2) is 0 Å². The van der Waals surface area contributed by atoms with E-state index in [0.717, 1.165) is 0 Å². The number of nitro benzene ring substituents is 1. The van der Waals surface area contributed by atoms with E-state index in [0.29, 0.717) is 22.2 Å². The van der Waals surface area contributed by atoms with Gasteiger partial charge in [0.15, 0.2) is 11.9 Å². The van der Waals surface area contributed by atoms with Crippen LogP contribution in [0.1, 0.15) is 6.92 Å². The lowest BCUT2D eigenvalue weighted by atomic mass is 10.2.